The number of amides is 1. The van der Waals surface area contributed by atoms with Crippen molar-refractivity contribution in [2.24, 2.45) is 0 Å². The summed E-state index contributed by atoms with van der Waals surface area (Å²) in [6.45, 7) is 0.159. The first-order valence-electron chi connectivity index (χ1n) is 4.11. The van der Waals surface area contributed by atoms with E-state index in [0.29, 0.717) is 5.56 Å². The number of nitrogens with one attached hydrogen (secondary N) is 1. The van der Waals surface area contributed by atoms with Gasteiger partial charge in [-0.15, -0.1) is 11.6 Å². The Morgan fingerprint density at radius 1 is 1.50 bits per heavy atom. The molecular weight excluding hydrogens is 200 g/mol. The Balaban J connectivity index is 2.49. The molecule has 0 heterocycles. The number of nitriles is 1. The van der Waals surface area contributed by atoms with Crippen LogP contribution in [-0.2, 0) is 0 Å². The molecule has 1 amide bonds. The number of benzene rings is 1. The van der Waals surface area contributed by atoms with Crippen molar-refractivity contribution in [3.8, 4) is 6.07 Å². The van der Waals surface area contributed by atoms with Crippen molar-refractivity contribution in [1.29, 1.82) is 5.26 Å². The van der Waals surface area contributed by atoms with E-state index in [1.54, 1.807) is 24.3 Å². The van der Waals surface area contributed by atoms with E-state index in [0.717, 1.165) is 0 Å². The first kappa shape index (κ1) is 10.6. The van der Waals surface area contributed by atoms with Crippen LogP contribution < -0.4 is 5.32 Å². The first-order valence-corrected chi connectivity index (χ1v) is 4.54. The van der Waals surface area contributed by atoms with Gasteiger partial charge in [0.2, 0.25) is 0 Å². The highest BCUT2D eigenvalue weighted by Crippen LogP contribution is 1.98. The molecule has 0 bridgehead atoms. The fraction of sp³-hybridized carbons (Fsp3) is 0.200. The maximum Gasteiger partial charge on any atom is 0.251 e. The van der Waals surface area contributed by atoms with Crippen molar-refractivity contribution in [2.45, 2.75) is 5.38 Å². The second-order valence-corrected chi connectivity index (χ2v) is 3.20. The highest BCUT2D eigenvalue weighted by Gasteiger charge is 2.06. The van der Waals surface area contributed by atoms with Crippen LogP contribution in [0.15, 0.2) is 30.3 Å². The lowest BCUT2D eigenvalue weighted by molar-refractivity contribution is 0.0955. The van der Waals surface area contributed by atoms with Crippen LogP contribution in [0.1, 0.15) is 10.4 Å². The molecule has 0 fully saturated rings. The molecule has 1 aromatic carbocycles. The molecule has 14 heavy (non-hydrogen) atoms. The van der Waals surface area contributed by atoms with Crippen LogP contribution in [0.2, 0.25) is 0 Å². The Morgan fingerprint density at radius 3 is 2.71 bits per heavy atom. The van der Waals surface area contributed by atoms with Gasteiger partial charge in [-0.1, -0.05) is 18.2 Å². The predicted molar refractivity (Wildman–Crippen MR) is 54.0 cm³/mol. The third kappa shape index (κ3) is 3.08. The minimum atomic E-state index is -0.678. The van der Waals surface area contributed by atoms with E-state index < -0.39 is 5.38 Å². The molecule has 0 aromatic heterocycles. The third-order valence-electron chi connectivity index (χ3n) is 1.62. The maximum absolute atomic E-state index is 11.4. The molecule has 3 nitrogen and oxygen atoms in total. The average Bonchev–Trinajstić information content (AvgIpc) is 2.26. The summed E-state index contributed by atoms with van der Waals surface area (Å²) >= 11 is 5.52. The lowest BCUT2D eigenvalue weighted by Gasteiger charge is -2.04. The van der Waals surface area contributed by atoms with Crippen molar-refractivity contribution >= 4 is 17.5 Å². The molecule has 0 aliphatic carbocycles. The summed E-state index contributed by atoms with van der Waals surface area (Å²) in [4.78, 5) is 11.4. The molecule has 0 aliphatic heterocycles. The number of carbonyl (C=O) groups is 1. The van der Waals surface area contributed by atoms with Gasteiger partial charge in [0.05, 0.1) is 6.07 Å². The fourth-order valence-corrected chi connectivity index (χ4v) is 0.997. The van der Waals surface area contributed by atoms with Gasteiger partial charge in [0.25, 0.3) is 5.91 Å². The van der Waals surface area contributed by atoms with Gasteiger partial charge >= 0.3 is 0 Å². The quantitative estimate of drug-likeness (QED) is 0.767. The smallest absolute Gasteiger partial charge is 0.251 e. The molecule has 0 radical (unpaired) electrons. The standard InChI is InChI=1S/C10H9ClN2O/c11-9(6-12)7-13-10(14)8-4-2-1-3-5-8/h1-5,9H,7H2,(H,13,14). The van der Waals surface area contributed by atoms with Crippen LogP contribution in [0.5, 0.6) is 0 Å². The Labute approximate surface area is 87.3 Å². The zero-order valence-electron chi connectivity index (χ0n) is 7.40. The van der Waals surface area contributed by atoms with E-state index in [1.165, 1.54) is 0 Å². The fourth-order valence-electron chi connectivity index (χ4n) is 0.920. The summed E-state index contributed by atoms with van der Waals surface area (Å²) in [7, 11) is 0. The van der Waals surface area contributed by atoms with Gasteiger partial charge in [0.1, 0.15) is 5.38 Å². The van der Waals surface area contributed by atoms with E-state index in [9.17, 15) is 4.79 Å². The lowest BCUT2D eigenvalue weighted by Crippen LogP contribution is -2.28. The number of rotatable bonds is 3. The predicted octanol–water partition coefficient (Wildman–Crippen LogP) is 1.55. The second-order valence-electron chi connectivity index (χ2n) is 2.67. The minimum Gasteiger partial charge on any atom is -0.349 e. The van der Waals surface area contributed by atoms with Crippen molar-refractivity contribution in [1.82, 2.24) is 5.32 Å². The molecule has 0 saturated heterocycles. The molecule has 1 N–H and O–H groups in total. The Bertz CT molecular complexity index is 345. The SMILES string of the molecule is N#CC(Cl)CNC(=O)c1ccccc1. The van der Waals surface area contributed by atoms with Crippen LogP contribution in [0.25, 0.3) is 0 Å². The van der Waals surface area contributed by atoms with Crippen molar-refractivity contribution in [3.63, 3.8) is 0 Å². The highest BCUT2D eigenvalue weighted by molar-refractivity contribution is 6.22. The summed E-state index contributed by atoms with van der Waals surface area (Å²) < 4.78 is 0. The average molecular weight is 209 g/mol. The molecule has 72 valence electrons. The Hall–Kier alpha value is -1.53. The van der Waals surface area contributed by atoms with Gasteiger partial charge in [-0.05, 0) is 12.1 Å². The number of nitrogens with zero attached hydrogens (tertiary/aromatic N) is 1. The number of hydrogen-bond donors (Lipinski definition) is 1. The van der Waals surface area contributed by atoms with E-state index in [2.05, 4.69) is 5.32 Å². The molecule has 1 aromatic rings. The van der Waals surface area contributed by atoms with Crippen LogP contribution in [0.3, 0.4) is 0 Å². The number of halogens is 1. The monoisotopic (exact) mass is 208 g/mol. The number of hydrogen-bond acceptors (Lipinski definition) is 2. The normalized spacial score (nSPS) is 11.4. The molecule has 4 heteroatoms. The molecule has 0 saturated carbocycles. The van der Waals surface area contributed by atoms with Crippen molar-refractivity contribution in [3.05, 3.63) is 35.9 Å². The largest absolute Gasteiger partial charge is 0.349 e. The van der Waals surface area contributed by atoms with Gasteiger partial charge in [0.15, 0.2) is 0 Å². The van der Waals surface area contributed by atoms with Crippen molar-refractivity contribution < 1.29 is 4.79 Å². The van der Waals surface area contributed by atoms with Gasteiger partial charge in [-0.2, -0.15) is 5.26 Å². The zero-order chi connectivity index (χ0) is 10.4. The summed E-state index contributed by atoms with van der Waals surface area (Å²) in [5, 5.41) is 10.3. The third-order valence-corrected chi connectivity index (χ3v) is 1.87. The molecule has 1 unspecified atom stereocenters. The molecule has 1 rings (SSSR count). The van der Waals surface area contributed by atoms with Gasteiger partial charge in [-0.3, -0.25) is 4.79 Å². The van der Waals surface area contributed by atoms with Crippen LogP contribution in [0, 0.1) is 11.3 Å². The van der Waals surface area contributed by atoms with Crippen molar-refractivity contribution in [2.75, 3.05) is 6.54 Å². The molecular formula is C10H9ClN2O. The number of carbonyl (C=O) groups excluding carboxylic acids is 1. The van der Waals surface area contributed by atoms with Gasteiger partial charge < -0.3 is 5.32 Å². The first-order chi connectivity index (χ1) is 6.74. The lowest BCUT2D eigenvalue weighted by atomic mass is 10.2. The summed E-state index contributed by atoms with van der Waals surface area (Å²) in [5.41, 5.74) is 0.564. The minimum absolute atomic E-state index is 0.159. The summed E-state index contributed by atoms with van der Waals surface area (Å²) in [6.07, 6.45) is 0. The van der Waals surface area contributed by atoms with Crippen LogP contribution in [-0.4, -0.2) is 17.8 Å². The van der Waals surface area contributed by atoms with Crippen LogP contribution in [0.4, 0.5) is 0 Å². The highest BCUT2D eigenvalue weighted by atomic mass is 35.5. The topological polar surface area (TPSA) is 52.9 Å². The van der Waals surface area contributed by atoms with Crippen LogP contribution >= 0.6 is 11.6 Å². The van der Waals surface area contributed by atoms with E-state index in [1.807, 2.05) is 12.1 Å². The molecule has 1 atom stereocenters. The Morgan fingerprint density at radius 2 is 2.14 bits per heavy atom. The van der Waals surface area contributed by atoms with Gasteiger partial charge in [0, 0.05) is 12.1 Å². The zero-order valence-corrected chi connectivity index (χ0v) is 8.16. The number of alkyl halides is 1. The Kier molecular flexibility index (Phi) is 3.96. The van der Waals surface area contributed by atoms with E-state index in [-0.39, 0.29) is 12.5 Å². The second kappa shape index (κ2) is 5.25. The summed E-state index contributed by atoms with van der Waals surface area (Å²) in [5.74, 6) is -0.216. The molecule has 0 spiro atoms. The molecule has 0 aliphatic rings. The maximum atomic E-state index is 11.4. The van der Waals surface area contributed by atoms with Gasteiger partial charge in [-0.25, -0.2) is 0 Å². The van der Waals surface area contributed by atoms with E-state index in [4.69, 9.17) is 16.9 Å². The van der Waals surface area contributed by atoms with E-state index >= 15 is 0 Å². The summed E-state index contributed by atoms with van der Waals surface area (Å²) in [6, 6.07) is 10.6.